The van der Waals surface area contributed by atoms with E-state index in [0.717, 1.165) is 6.42 Å². The van der Waals surface area contributed by atoms with Crippen molar-refractivity contribution in [2.75, 3.05) is 18.9 Å². The van der Waals surface area contributed by atoms with Crippen molar-refractivity contribution in [3.63, 3.8) is 0 Å². The molecule has 0 radical (unpaired) electrons. The van der Waals surface area contributed by atoms with Crippen molar-refractivity contribution in [3.05, 3.63) is 23.8 Å². The third kappa shape index (κ3) is 3.15. The van der Waals surface area contributed by atoms with Gasteiger partial charge >= 0.3 is 5.97 Å². The first-order valence-corrected chi connectivity index (χ1v) is 5.38. The first-order valence-electron chi connectivity index (χ1n) is 5.38. The van der Waals surface area contributed by atoms with Crippen LogP contribution in [-0.2, 0) is 4.74 Å². The van der Waals surface area contributed by atoms with Gasteiger partial charge in [0.05, 0.1) is 18.8 Å². The summed E-state index contributed by atoms with van der Waals surface area (Å²) in [4.78, 5) is 11.4. The monoisotopic (exact) mass is 223 g/mol. The van der Waals surface area contributed by atoms with Crippen molar-refractivity contribution in [2.45, 2.75) is 20.3 Å². The Morgan fingerprint density at radius 2 is 2.12 bits per heavy atom. The molecule has 0 heterocycles. The van der Waals surface area contributed by atoms with Crippen LogP contribution in [0.5, 0.6) is 5.75 Å². The molecule has 88 valence electrons. The summed E-state index contributed by atoms with van der Waals surface area (Å²) in [5, 5.41) is 0. The molecule has 4 heteroatoms. The van der Waals surface area contributed by atoms with Gasteiger partial charge in [-0.05, 0) is 25.5 Å². The molecule has 0 aliphatic rings. The molecule has 2 N–H and O–H groups in total. The molecule has 0 aliphatic heterocycles. The Balaban J connectivity index is 2.78. The number of anilines is 1. The summed E-state index contributed by atoms with van der Waals surface area (Å²) in [5.41, 5.74) is 6.51. The highest BCUT2D eigenvalue weighted by molar-refractivity contribution is 5.95. The first-order chi connectivity index (χ1) is 7.69. The van der Waals surface area contributed by atoms with E-state index in [-0.39, 0.29) is 0 Å². The summed E-state index contributed by atoms with van der Waals surface area (Å²) in [5.74, 6) is 0.273. The molecular formula is C12H17NO3. The number of esters is 1. The maximum absolute atomic E-state index is 11.4. The molecule has 0 unspecified atom stereocenters. The number of nitrogen functional groups attached to an aromatic ring is 1. The third-order valence-corrected chi connectivity index (χ3v) is 1.99. The topological polar surface area (TPSA) is 61.5 Å². The van der Waals surface area contributed by atoms with Crippen LogP contribution in [0.15, 0.2) is 18.2 Å². The van der Waals surface area contributed by atoms with Gasteiger partial charge in [-0.15, -0.1) is 0 Å². The van der Waals surface area contributed by atoms with Crippen LogP contribution in [0.3, 0.4) is 0 Å². The second-order valence-corrected chi connectivity index (χ2v) is 3.32. The van der Waals surface area contributed by atoms with E-state index in [1.54, 1.807) is 25.1 Å². The van der Waals surface area contributed by atoms with E-state index in [1.807, 2.05) is 6.92 Å². The van der Waals surface area contributed by atoms with Crippen molar-refractivity contribution >= 4 is 11.7 Å². The smallest absolute Gasteiger partial charge is 0.340 e. The fraction of sp³-hybridized carbons (Fsp3) is 0.417. The van der Waals surface area contributed by atoms with Gasteiger partial charge < -0.3 is 15.2 Å². The normalized spacial score (nSPS) is 9.88. The Hall–Kier alpha value is -1.71. The van der Waals surface area contributed by atoms with Crippen LogP contribution in [0.2, 0.25) is 0 Å². The fourth-order valence-electron chi connectivity index (χ4n) is 1.25. The minimum atomic E-state index is -0.401. The molecule has 1 aromatic rings. The Labute approximate surface area is 95.3 Å². The summed E-state index contributed by atoms with van der Waals surface area (Å²) in [6.45, 7) is 4.76. The number of hydrogen-bond acceptors (Lipinski definition) is 4. The zero-order valence-electron chi connectivity index (χ0n) is 9.66. The van der Waals surface area contributed by atoms with Gasteiger partial charge in [-0.1, -0.05) is 6.92 Å². The van der Waals surface area contributed by atoms with Crippen molar-refractivity contribution < 1.29 is 14.3 Å². The number of benzene rings is 1. The van der Waals surface area contributed by atoms with Gasteiger partial charge in [-0.2, -0.15) is 0 Å². The Kier molecular flexibility index (Phi) is 4.64. The summed E-state index contributed by atoms with van der Waals surface area (Å²) in [6.07, 6.45) is 0.930. The van der Waals surface area contributed by atoms with E-state index in [2.05, 4.69) is 0 Å². The second-order valence-electron chi connectivity index (χ2n) is 3.32. The predicted octanol–water partition coefficient (Wildman–Crippen LogP) is 2.23. The molecular weight excluding hydrogens is 206 g/mol. The lowest BCUT2D eigenvalue weighted by molar-refractivity contribution is 0.0527. The minimum Gasteiger partial charge on any atom is -0.494 e. The lowest BCUT2D eigenvalue weighted by Gasteiger charge is -2.08. The van der Waals surface area contributed by atoms with Crippen LogP contribution >= 0.6 is 0 Å². The maximum Gasteiger partial charge on any atom is 0.340 e. The van der Waals surface area contributed by atoms with Crippen LogP contribution in [0.4, 0.5) is 5.69 Å². The molecule has 0 fully saturated rings. The minimum absolute atomic E-state index is 0.340. The molecule has 1 rings (SSSR count). The zero-order chi connectivity index (χ0) is 12.0. The first kappa shape index (κ1) is 12.4. The van der Waals surface area contributed by atoms with Gasteiger partial charge in [0.15, 0.2) is 0 Å². The molecule has 1 aromatic carbocycles. The molecule has 0 amide bonds. The number of rotatable bonds is 5. The molecule has 0 atom stereocenters. The van der Waals surface area contributed by atoms with Crippen molar-refractivity contribution in [2.24, 2.45) is 0 Å². The average Bonchev–Trinajstić information content (AvgIpc) is 2.26. The van der Waals surface area contributed by atoms with Gasteiger partial charge in [0, 0.05) is 11.8 Å². The summed E-state index contributed by atoms with van der Waals surface area (Å²) in [6, 6.07) is 4.98. The number of carbonyl (C=O) groups is 1. The lowest BCUT2D eigenvalue weighted by Crippen LogP contribution is -2.08. The zero-order valence-corrected chi connectivity index (χ0v) is 9.66. The van der Waals surface area contributed by atoms with Gasteiger partial charge in [0.2, 0.25) is 0 Å². The van der Waals surface area contributed by atoms with Crippen LogP contribution in [0, 0.1) is 0 Å². The number of ether oxygens (including phenoxy) is 2. The highest BCUT2D eigenvalue weighted by Gasteiger charge is 2.11. The summed E-state index contributed by atoms with van der Waals surface area (Å²) < 4.78 is 10.3. The number of nitrogens with two attached hydrogens (primary N) is 1. The lowest BCUT2D eigenvalue weighted by atomic mass is 10.2. The van der Waals surface area contributed by atoms with E-state index in [4.69, 9.17) is 15.2 Å². The van der Waals surface area contributed by atoms with Gasteiger partial charge in [0.1, 0.15) is 5.75 Å². The van der Waals surface area contributed by atoms with Crippen molar-refractivity contribution in [1.82, 2.24) is 0 Å². The quantitative estimate of drug-likeness (QED) is 0.614. The number of carbonyl (C=O) groups excluding carboxylic acids is 1. The molecule has 4 nitrogen and oxygen atoms in total. The van der Waals surface area contributed by atoms with Crippen LogP contribution in [-0.4, -0.2) is 19.2 Å². The number of hydrogen-bond donors (Lipinski definition) is 1. The Morgan fingerprint density at radius 1 is 1.38 bits per heavy atom. The average molecular weight is 223 g/mol. The van der Waals surface area contributed by atoms with Crippen molar-refractivity contribution in [3.8, 4) is 5.75 Å². The van der Waals surface area contributed by atoms with Crippen LogP contribution in [0.1, 0.15) is 30.6 Å². The molecule has 16 heavy (non-hydrogen) atoms. The molecule has 0 aromatic heterocycles. The Morgan fingerprint density at radius 3 is 2.69 bits per heavy atom. The van der Waals surface area contributed by atoms with E-state index in [1.165, 1.54) is 0 Å². The third-order valence-electron chi connectivity index (χ3n) is 1.99. The summed E-state index contributed by atoms with van der Waals surface area (Å²) in [7, 11) is 0. The van der Waals surface area contributed by atoms with Gasteiger partial charge in [-0.25, -0.2) is 4.79 Å². The Bertz CT molecular complexity index is 363. The van der Waals surface area contributed by atoms with E-state index < -0.39 is 5.97 Å². The van der Waals surface area contributed by atoms with Crippen LogP contribution < -0.4 is 10.5 Å². The molecule has 0 bridgehead atoms. The largest absolute Gasteiger partial charge is 0.494 e. The molecule has 0 spiro atoms. The van der Waals surface area contributed by atoms with Gasteiger partial charge in [0.25, 0.3) is 0 Å². The standard InChI is InChI=1S/C12H17NO3/c1-3-7-16-9-5-6-10(11(13)8-9)12(14)15-4-2/h5-6,8H,3-4,7,13H2,1-2H3. The highest BCUT2D eigenvalue weighted by atomic mass is 16.5. The van der Waals surface area contributed by atoms with E-state index in [0.29, 0.717) is 30.2 Å². The summed E-state index contributed by atoms with van der Waals surface area (Å²) >= 11 is 0. The fourth-order valence-corrected chi connectivity index (χ4v) is 1.25. The second kappa shape index (κ2) is 6.00. The molecule has 0 saturated heterocycles. The van der Waals surface area contributed by atoms with E-state index in [9.17, 15) is 4.79 Å². The van der Waals surface area contributed by atoms with Crippen LogP contribution in [0.25, 0.3) is 0 Å². The molecule has 0 saturated carbocycles. The predicted molar refractivity (Wildman–Crippen MR) is 62.6 cm³/mol. The molecule has 0 aliphatic carbocycles. The SMILES string of the molecule is CCCOc1ccc(C(=O)OCC)c(N)c1. The van der Waals surface area contributed by atoms with Gasteiger partial charge in [-0.3, -0.25) is 0 Å². The van der Waals surface area contributed by atoms with Crippen molar-refractivity contribution in [1.29, 1.82) is 0 Å². The highest BCUT2D eigenvalue weighted by Crippen LogP contribution is 2.20. The maximum atomic E-state index is 11.4. The van der Waals surface area contributed by atoms with E-state index >= 15 is 0 Å².